The Morgan fingerprint density at radius 3 is 2.35 bits per heavy atom. The van der Waals surface area contributed by atoms with Crippen LogP contribution in [0.25, 0.3) is 20.5 Å². The van der Waals surface area contributed by atoms with Crippen LogP contribution in [0.1, 0.15) is 58.3 Å². The summed E-state index contributed by atoms with van der Waals surface area (Å²) in [5.74, 6) is 1.12. The number of benzene rings is 3. The second-order valence-electron chi connectivity index (χ2n) is 11.3. The fourth-order valence-electron chi connectivity index (χ4n) is 6.10. The molecule has 0 unspecified atom stereocenters. The number of fused-ring (bicyclic) bond motifs is 1. The second kappa shape index (κ2) is 11.7. The van der Waals surface area contributed by atoms with Crippen LogP contribution in [-0.2, 0) is 6.54 Å². The van der Waals surface area contributed by atoms with Crippen LogP contribution in [0.2, 0.25) is 0 Å². The fraction of sp³-hybridized carbons (Fsp3) is 0.382. The number of nitrogens with zero attached hydrogens (tertiary/aromatic N) is 2. The fourth-order valence-corrected chi connectivity index (χ4v) is 7.33. The molecule has 0 spiro atoms. The Labute approximate surface area is 241 Å². The number of aryl methyl sites for hydroxylation is 2. The van der Waals surface area contributed by atoms with Gasteiger partial charge in [-0.3, -0.25) is 14.6 Å². The molecule has 0 aliphatic carbocycles. The maximum absolute atomic E-state index is 14.1. The summed E-state index contributed by atoms with van der Waals surface area (Å²) in [5.41, 5.74) is 5.90. The first kappa shape index (κ1) is 27.0. The van der Waals surface area contributed by atoms with Crippen LogP contribution >= 0.6 is 11.3 Å². The van der Waals surface area contributed by atoms with Crippen molar-refractivity contribution in [3.8, 4) is 21.9 Å². The molecule has 2 aliphatic rings. The van der Waals surface area contributed by atoms with Crippen molar-refractivity contribution < 1.29 is 14.6 Å². The van der Waals surface area contributed by atoms with E-state index >= 15 is 0 Å². The van der Waals surface area contributed by atoms with Gasteiger partial charge in [0.2, 0.25) is 0 Å². The number of rotatable bonds is 9. The van der Waals surface area contributed by atoms with E-state index in [0.717, 1.165) is 63.6 Å². The van der Waals surface area contributed by atoms with Gasteiger partial charge in [0.15, 0.2) is 5.78 Å². The van der Waals surface area contributed by atoms with E-state index in [-0.39, 0.29) is 11.5 Å². The highest BCUT2D eigenvalue weighted by molar-refractivity contribution is 7.22. The molecule has 5 nitrogen and oxygen atoms in total. The van der Waals surface area contributed by atoms with Gasteiger partial charge >= 0.3 is 0 Å². The minimum Gasteiger partial charge on any atom is -0.508 e. The van der Waals surface area contributed by atoms with E-state index in [9.17, 15) is 9.90 Å². The molecule has 2 aliphatic heterocycles. The van der Waals surface area contributed by atoms with E-state index < -0.39 is 0 Å². The lowest BCUT2D eigenvalue weighted by atomic mass is 9.94. The van der Waals surface area contributed by atoms with Gasteiger partial charge in [-0.1, -0.05) is 12.1 Å². The summed E-state index contributed by atoms with van der Waals surface area (Å²) in [4.78, 5) is 20.0. The van der Waals surface area contributed by atoms with Gasteiger partial charge in [0.25, 0.3) is 0 Å². The lowest BCUT2D eigenvalue weighted by molar-refractivity contribution is 0.104. The standard InChI is InChI=1S/C34H38N2O3S/c1-23-19-25(7-8-27(23)22-36-15-5-6-16-36)33(38)32-29-11-10-28(37)21-31(29)40-34(32)26-9-12-30(24(2)20-26)39-18-17-35-13-3-4-14-35/h7-12,19-21,37H,3-6,13-18,22H2,1-2H3. The lowest BCUT2D eigenvalue weighted by Crippen LogP contribution is -2.25. The predicted octanol–water partition coefficient (Wildman–Crippen LogP) is 7.19. The summed E-state index contributed by atoms with van der Waals surface area (Å²) in [5, 5.41) is 11.1. The Morgan fingerprint density at radius 1 is 0.875 bits per heavy atom. The third kappa shape index (κ3) is 5.67. The summed E-state index contributed by atoms with van der Waals surface area (Å²) in [6.45, 7) is 11.4. The molecule has 6 heteroatoms. The minimum atomic E-state index is 0.0198. The Balaban J connectivity index is 1.30. The highest BCUT2D eigenvalue weighted by Gasteiger charge is 2.23. The number of ketones is 1. The zero-order valence-corrected chi connectivity index (χ0v) is 24.4. The van der Waals surface area contributed by atoms with Crippen molar-refractivity contribution in [1.29, 1.82) is 0 Å². The number of phenolic OH excluding ortho intramolecular Hbond substituents is 1. The monoisotopic (exact) mass is 554 g/mol. The summed E-state index contributed by atoms with van der Waals surface area (Å²) in [6.07, 6.45) is 5.10. The predicted molar refractivity (Wildman–Crippen MR) is 164 cm³/mol. The van der Waals surface area contributed by atoms with E-state index in [2.05, 4.69) is 41.8 Å². The molecule has 208 valence electrons. The normalized spacial score (nSPS) is 16.2. The van der Waals surface area contributed by atoms with Crippen LogP contribution in [0.4, 0.5) is 0 Å². The quantitative estimate of drug-likeness (QED) is 0.222. The molecular formula is C34H38N2O3S. The molecule has 6 rings (SSSR count). The van der Waals surface area contributed by atoms with Gasteiger partial charge < -0.3 is 9.84 Å². The smallest absolute Gasteiger partial charge is 0.195 e. The van der Waals surface area contributed by atoms with E-state index in [1.807, 2.05) is 24.3 Å². The van der Waals surface area contributed by atoms with Gasteiger partial charge in [-0.2, -0.15) is 0 Å². The Morgan fingerprint density at radius 2 is 1.62 bits per heavy atom. The number of likely N-dealkylation sites (tertiary alicyclic amines) is 2. The van der Waals surface area contributed by atoms with Crippen molar-refractivity contribution in [2.24, 2.45) is 0 Å². The van der Waals surface area contributed by atoms with Crippen molar-refractivity contribution in [3.63, 3.8) is 0 Å². The van der Waals surface area contributed by atoms with E-state index in [0.29, 0.717) is 17.7 Å². The Bertz CT molecular complexity index is 1530. The maximum Gasteiger partial charge on any atom is 0.195 e. The number of hydrogen-bond acceptors (Lipinski definition) is 6. The van der Waals surface area contributed by atoms with E-state index in [4.69, 9.17) is 4.74 Å². The molecule has 3 heterocycles. The first-order valence-corrected chi connectivity index (χ1v) is 15.4. The van der Waals surface area contributed by atoms with Crippen LogP contribution in [0.5, 0.6) is 11.5 Å². The van der Waals surface area contributed by atoms with Crippen LogP contribution < -0.4 is 4.74 Å². The number of phenols is 1. The highest BCUT2D eigenvalue weighted by atomic mass is 32.1. The first-order chi connectivity index (χ1) is 19.5. The van der Waals surface area contributed by atoms with Crippen molar-refractivity contribution in [3.05, 3.63) is 82.4 Å². The average Bonchev–Trinajstić information content (AvgIpc) is 3.72. The largest absolute Gasteiger partial charge is 0.508 e. The average molecular weight is 555 g/mol. The van der Waals surface area contributed by atoms with Crippen LogP contribution in [0.15, 0.2) is 54.6 Å². The van der Waals surface area contributed by atoms with E-state index in [1.54, 1.807) is 23.5 Å². The van der Waals surface area contributed by atoms with Gasteiger partial charge in [-0.25, -0.2) is 0 Å². The summed E-state index contributed by atoms with van der Waals surface area (Å²) in [7, 11) is 0. The summed E-state index contributed by atoms with van der Waals surface area (Å²) < 4.78 is 7.05. The molecular weight excluding hydrogens is 516 g/mol. The van der Waals surface area contributed by atoms with Gasteiger partial charge in [0.1, 0.15) is 18.1 Å². The molecule has 1 aromatic heterocycles. The maximum atomic E-state index is 14.1. The molecule has 2 saturated heterocycles. The van der Waals surface area contributed by atoms with Gasteiger partial charge in [0, 0.05) is 39.2 Å². The summed E-state index contributed by atoms with van der Waals surface area (Å²) >= 11 is 1.56. The molecule has 2 fully saturated rings. The topological polar surface area (TPSA) is 53.0 Å². The second-order valence-corrected chi connectivity index (χ2v) is 12.4. The molecule has 0 atom stereocenters. The van der Waals surface area contributed by atoms with Crippen LogP contribution in [0, 0.1) is 13.8 Å². The zero-order valence-electron chi connectivity index (χ0n) is 23.5. The first-order valence-electron chi connectivity index (χ1n) is 14.5. The molecule has 4 aromatic rings. The highest BCUT2D eigenvalue weighted by Crippen LogP contribution is 2.42. The molecule has 40 heavy (non-hydrogen) atoms. The van der Waals surface area contributed by atoms with Crippen LogP contribution in [-0.4, -0.2) is 60.0 Å². The minimum absolute atomic E-state index is 0.0198. The number of thiophene rings is 1. The number of carbonyl (C=O) groups is 1. The molecule has 0 bridgehead atoms. The van der Waals surface area contributed by atoms with E-state index in [1.165, 1.54) is 44.3 Å². The Kier molecular flexibility index (Phi) is 7.92. The number of aromatic hydroxyl groups is 1. The summed E-state index contributed by atoms with van der Waals surface area (Å²) in [6, 6.07) is 17.7. The molecule has 0 saturated carbocycles. The van der Waals surface area contributed by atoms with Gasteiger partial charge in [-0.05, 0) is 130 Å². The van der Waals surface area contributed by atoms with Crippen molar-refractivity contribution in [2.75, 3.05) is 39.3 Å². The Hall–Kier alpha value is -3.19. The van der Waals surface area contributed by atoms with Crippen molar-refractivity contribution in [1.82, 2.24) is 9.80 Å². The van der Waals surface area contributed by atoms with Crippen molar-refractivity contribution in [2.45, 2.75) is 46.1 Å². The number of ether oxygens (including phenoxy) is 1. The zero-order chi connectivity index (χ0) is 27.6. The molecule has 3 aromatic carbocycles. The lowest BCUT2D eigenvalue weighted by Gasteiger charge is -2.17. The molecule has 1 N–H and O–H groups in total. The molecule has 0 amide bonds. The van der Waals surface area contributed by atoms with Crippen molar-refractivity contribution >= 4 is 27.2 Å². The van der Waals surface area contributed by atoms with Crippen LogP contribution in [0.3, 0.4) is 0 Å². The third-order valence-electron chi connectivity index (χ3n) is 8.40. The number of hydrogen-bond donors (Lipinski definition) is 1. The SMILES string of the molecule is Cc1cc(C(=O)c2c(-c3ccc(OCCN4CCCC4)c(C)c3)sc3cc(O)ccc23)ccc1CN1CCCC1. The third-order valence-corrected chi connectivity index (χ3v) is 9.60. The number of carbonyl (C=O) groups excluding carboxylic acids is 1. The molecule has 0 radical (unpaired) electrons. The van der Waals surface area contributed by atoms with Gasteiger partial charge in [-0.15, -0.1) is 11.3 Å². The van der Waals surface area contributed by atoms with Gasteiger partial charge in [0.05, 0.1) is 0 Å².